The summed E-state index contributed by atoms with van der Waals surface area (Å²) in [6.07, 6.45) is 3.50. The minimum absolute atomic E-state index is 0.164. The van der Waals surface area contributed by atoms with Crippen molar-refractivity contribution >= 4 is 35.4 Å². The second kappa shape index (κ2) is 14.1. The van der Waals surface area contributed by atoms with Crippen LogP contribution in [0.15, 0.2) is 30.5 Å². The molecule has 0 radical (unpaired) electrons. The molecule has 1 aromatic heterocycles. The molecule has 1 aromatic carbocycles. The molecule has 1 saturated heterocycles. The first-order valence-corrected chi connectivity index (χ1v) is 14.4. The third kappa shape index (κ3) is 8.80. The minimum atomic E-state index is -0.823. The number of amides is 2. The zero-order chi connectivity index (χ0) is 30.2. The van der Waals surface area contributed by atoms with Crippen LogP contribution in [0, 0.1) is 0 Å². The molecule has 11 nitrogen and oxygen atoms in total. The summed E-state index contributed by atoms with van der Waals surface area (Å²) in [5, 5.41) is 3.28. The van der Waals surface area contributed by atoms with E-state index in [1.807, 2.05) is 58.6 Å². The number of likely N-dealkylation sites (tertiary alicyclic amines) is 1. The van der Waals surface area contributed by atoms with Gasteiger partial charge in [0.2, 0.25) is 11.9 Å². The third-order valence-electron chi connectivity index (χ3n) is 6.72. The van der Waals surface area contributed by atoms with E-state index in [1.54, 1.807) is 28.1 Å². The van der Waals surface area contributed by atoms with Gasteiger partial charge in [-0.3, -0.25) is 4.79 Å². The van der Waals surface area contributed by atoms with Crippen LogP contribution < -0.4 is 19.9 Å². The summed E-state index contributed by atoms with van der Waals surface area (Å²) in [5.74, 6) is 0.679. The second-order valence-corrected chi connectivity index (χ2v) is 11.0. The first kappa shape index (κ1) is 31.6. The van der Waals surface area contributed by atoms with Gasteiger partial charge in [-0.25, -0.2) is 14.6 Å². The molecule has 41 heavy (non-hydrogen) atoms. The van der Waals surface area contributed by atoms with E-state index in [9.17, 15) is 14.4 Å². The lowest BCUT2D eigenvalue weighted by Crippen LogP contribution is -2.39. The van der Waals surface area contributed by atoms with Gasteiger partial charge < -0.3 is 29.5 Å². The van der Waals surface area contributed by atoms with Crippen LogP contribution in [-0.4, -0.2) is 77.2 Å². The monoisotopic (exact) mass is 568 g/mol. The number of rotatable bonds is 11. The van der Waals surface area contributed by atoms with Crippen LogP contribution in [0.25, 0.3) is 0 Å². The number of benzene rings is 1. The Morgan fingerprint density at radius 3 is 2.20 bits per heavy atom. The number of carbonyl (C=O) groups excluding carboxylic acids is 3. The number of hydrogen-bond donors (Lipinski definition) is 1. The van der Waals surface area contributed by atoms with Gasteiger partial charge >= 0.3 is 12.1 Å². The number of ether oxygens (including phenoxy) is 2. The van der Waals surface area contributed by atoms with Crippen LogP contribution in [0.1, 0.15) is 66.9 Å². The summed E-state index contributed by atoms with van der Waals surface area (Å²) < 4.78 is 11.3. The Kier molecular flexibility index (Phi) is 10.9. The molecule has 1 aliphatic heterocycles. The Labute approximate surface area is 243 Å². The van der Waals surface area contributed by atoms with Crippen molar-refractivity contribution in [3.05, 3.63) is 36.0 Å². The summed E-state index contributed by atoms with van der Waals surface area (Å²) >= 11 is 0. The fourth-order valence-corrected chi connectivity index (χ4v) is 4.62. The van der Waals surface area contributed by atoms with Crippen molar-refractivity contribution in [1.82, 2.24) is 14.9 Å². The molecule has 2 amide bonds. The standard InChI is InChI=1S/C30H44N6O5/c1-8-34(9-2)28-31-20-25(36(10-3)21(4)37)26(33-28)32-24(27(38)41-30(5,6)7)19-22-13-15-23(16-14-22)40-29(39)35-17-11-12-18-35/h13-16,20,24H,8-12,17-19H2,1-7H3,(H,31,32,33)/t24-/m0/s1. The highest BCUT2D eigenvalue weighted by molar-refractivity contribution is 5.95. The normalized spacial score (nSPS) is 13.9. The molecule has 0 spiro atoms. The molecule has 224 valence electrons. The van der Waals surface area contributed by atoms with Crippen molar-refractivity contribution in [2.75, 3.05) is 47.8 Å². The molecule has 0 saturated carbocycles. The van der Waals surface area contributed by atoms with Crippen molar-refractivity contribution < 1.29 is 23.9 Å². The fourth-order valence-electron chi connectivity index (χ4n) is 4.62. The van der Waals surface area contributed by atoms with E-state index in [2.05, 4.69) is 10.3 Å². The van der Waals surface area contributed by atoms with Crippen molar-refractivity contribution in [2.24, 2.45) is 0 Å². The van der Waals surface area contributed by atoms with E-state index in [-0.39, 0.29) is 18.4 Å². The maximum Gasteiger partial charge on any atom is 0.415 e. The molecule has 1 fully saturated rings. The first-order chi connectivity index (χ1) is 19.4. The van der Waals surface area contributed by atoms with Crippen LogP contribution in [-0.2, 0) is 20.7 Å². The summed E-state index contributed by atoms with van der Waals surface area (Å²) in [6.45, 7) is 16.0. The SMILES string of the molecule is CCN(CC)c1ncc(N(CC)C(C)=O)c(N[C@@H](Cc2ccc(OC(=O)N3CCCC3)cc2)C(=O)OC(C)(C)C)n1. The number of esters is 1. The molecule has 1 N–H and O–H groups in total. The predicted molar refractivity (Wildman–Crippen MR) is 160 cm³/mol. The quantitative estimate of drug-likeness (QED) is 0.386. The first-order valence-electron chi connectivity index (χ1n) is 14.4. The van der Waals surface area contributed by atoms with Crippen molar-refractivity contribution in [1.29, 1.82) is 0 Å². The van der Waals surface area contributed by atoms with Gasteiger partial charge in [0.05, 0.1) is 6.20 Å². The average Bonchev–Trinajstić information content (AvgIpc) is 3.46. The van der Waals surface area contributed by atoms with E-state index in [0.29, 0.717) is 55.9 Å². The van der Waals surface area contributed by atoms with Gasteiger partial charge in [0.25, 0.3) is 0 Å². The number of nitrogens with zero attached hydrogens (tertiary/aromatic N) is 5. The van der Waals surface area contributed by atoms with Crippen LogP contribution in [0.2, 0.25) is 0 Å². The third-order valence-corrected chi connectivity index (χ3v) is 6.72. The van der Waals surface area contributed by atoms with Gasteiger partial charge in [0.15, 0.2) is 5.82 Å². The zero-order valence-electron chi connectivity index (χ0n) is 25.4. The summed E-state index contributed by atoms with van der Waals surface area (Å²) in [7, 11) is 0. The number of nitrogens with one attached hydrogen (secondary N) is 1. The summed E-state index contributed by atoms with van der Waals surface area (Å²) in [6, 6.07) is 6.26. The molecular formula is C30H44N6O5. The predicted octanol–water partition coefficient (Wildman–Crippen LogP) is 4.66. The molecule has 1 aliphatic rings. The fraction of sp³-hybridized carbons (Fsp3) is 0.567. The minimum Gasteiger partial charge on any atom is -0.458 e. The van der Waals surface area contributed by atoms with Crippen LogP contribution in [0.3, 0.4) is 0 Å². The van der Waals surface area contributed by atoms with E-state index in [0.717, 1.165) is 18.4 Å². The van der Waals surface area contributed by atoms with Crippen molar-refractivity contribution in [3.8, 4) is 5.75 Å². The van der Waals surface area contributed by atoms with Gasteiger partial charge in [-0.15, -0.1) is 0 Å². The molecule has 2 aromatic rings. The molecule has 0 aliphatic carbocycles. The van der Waals surface area contributed by atoms with E-state index < -0.39 is 17.6 Å². The molecule has 1 atom stereocenters. The molecule has 0 unspecified atom stereocenters. The molecule has 11 heteroatoms. The van der Waals surface area contributed by atoms with Gasteiger partial charge in [-0.05, 0) is 72.1 Å². The number of aromatic nitrogens is 2. The highest BCUT2D eigenvalue weighted by atomic mass is 16.6. The van der Waals surface area contributed by atoms with Crippen molar-refractivity contribution in [3.63, 3.8) is 0 Å². The zero-order valence-corrected chi connectivity index (χ0v) is 25.4. The highest BCUT2D eigenvalue weighted by Crippen LogP contribution is 2.28. The Balaban J connectivity index is 1.91. The van der Waals surface area contributed by atoms with E-state index in [1.165, 1.54) is 6.92 Å². The number of hydrogen-bond acceptors (Lipinski definition) is 9. The maximum atomic E-state index is 13.4. The maximum absolute atomic E-state index is 13.4. The number of anilines is 3. The Bertz CT molecular complexity index is 1190. The number of carbonyl (C=O) groups is 3. The molecule has 3 rings (SSSR count). The highest BCUT2D eigenvalue weighted by Gasteiger charge is 2.29. The lowest BCUT2D eigenvalue weighted by molar-refractivity contribution is -0.155. The topological polar surface area (TPSA) is 117 Å². The lowest BCUT2D eigenvalue weighted by atomic mass is 10.0. The largest absolute Gasteiger partial charge is 0.458 e. The summed E-state index contributed by atoms with van der Waals surface area (Å²) in [5.41, 5.74) is 0.599. The van der Waals surface area contributed by atoms with Gasteiger partial charge in [-0.2, -0.15) is 4.98 Å². The Hall–Kier alpha value is -3.89. The smallest absolute Gasteiger partial charge is 0.415 e. The van der Waals surface area contributed by atoms with Crippen LogP contribution in [0.4, 0.5) is 22.2 Å². The van der Waals surface area contributed by atoms with E-state index >= 15 is 0 Å². The Morgan fingerprint density at radius 2 is 1.66 bits per heavy atom. The molecule has 2 heterocycles. The van der Waals surface area contributed by atoms with Gasteiger partial charge in [0, 0.05) is 46.1 Å². The Morgan fingerprint density at radius 1 is 1.02 bits per heavy atom. The van der Waals surface area contributed by atoms with Gasteiger partial charge in [0.1, 0.15) is 23.1 Å². The lowest BCUT2D eigenvalue weighted by Gasteiger charge is -2.28. The van der Waals surface area contributed by atoms with Crippen LogP contribution in [0.5, 0.6) is 5.75 Å². The van der Waals surface area contributed by atoms with Gasteiger partial charge in [-0.1, -0.05) is 12.1 Å². The summed E-state index contributed by atoms with van der Waals surface area (Å²) in [4.78, 5) is 52.8. The molecular weight excluding hydrogens is 524 g/mol. The van der Waals surface area contributed by atoms with Crippen LogP contribution >= 0.6 is 0 Å². The second-order valence-electron chi connectivity index (χ2n) is 11.0. The molecule has 0 bridgehead atoms. The average molecular weight is 569 g/mol. The van der Waals surface area contributed by atoms with E-state index in [4.69, 9.17) is 14.5 Å². The van der Waals surface area contributed by atoms with Crippen molar-refractivity contribution in [2.45, 2.75) is 79.4 Å².